The molecule has 6 aromatic rings. The minimum atomic E-state index is -0.322. The van der Waals surface area contributed by atoms with Crippen LogP contribution >= 0.6 is 0 Å². The highest BCUT2D eigenvalue weighted by Crippen LogP contribution is 2.35. The molecule has 4 aromatic heterocycles. The second-order valence-electron chi connectivity index (χ2n) is 14.9. The molecule has 0 unspecified atom stereocenters. The van der Waals surface area contributed by atoms with Gasteiger partial charge in [-0.25, -0.2) is 9.78 Å². The lowest BCUT2D eigenvalue weighted by Gasteiger charge is -2.33. The Morgan fingerprint density at radius 3 is 2.60 bits per heavy atom. The lowest BCUT2D eigenvalue weighted by molar-refractivity contribution is -0.120. The number of hydrogen-bond donors (Lipinski definition) is 3. The fourth-order valence-electron chi connectivity index (χ4n) is 8.44. The molecule has 2 aromatic carbocycles. The van der Waals surface area contributed by atoms with Crippen LogP contribution in [0.15, 0.2) is 67.1 Å². The van der Waals surface area contributed by atoms with E-state index in [1.165, 1.54) is 94.7 Å². The molecule has 3 fully saturated rings. The number of amides is 4. The van der Waals surface area contributed by atoms with Crippen LogP contribution in [-0.4, -0.2) is 85.4 Å². The molecule has 3 aliphatic rings. The van der Waals surface area contributed by atoms with Crippen molar-refractivity contribution >= 4 is 56.8 Å². The zero-order valence-electron chi connectivity index (χ0n) is 31.5. The number of aromatic amines is 1. The maximum absolute atomic E-state index is 12.6. The lowest BCUT2D eigenvalue weighted by Crippen LogP contribution is -2.49. The summed E-state index contributed by atoms with van der Waals surface area (Å²) in [5.41, 5.74) is 5.33. The number of likely N-dealkylation sites (tertiary alicyclic amines) is 1. The number of imide groups is 1. The molecule has 0 radical (unpaired) electrons. The highest BCUT2D eigenvalue weighted by atomic mass is 16.5. The summed E-state index contributed by atoms with van der Waals surface area (Å²) < 4.78 is 9.19. The molecule has 286 valence electrons. The quantitative estimate of drug-likeness (QED) is 0.157. The van der Waals surface area contributed by atoms with Crippen LogP contribution in [0.1, 0.15) is 79.8 Å². The number of ether oxygens (including phenoxy) is 1. The number of hydrogen-bond acceptors (Lipinski definition) is 8. The Morgan fingerprint density at radius 1 is 0.964 bits per heavy atom. The molecule has 2 saturated heterocycles. The van der Waals surface area contributed by atoms with Crippen molar-refractivity contribution in [2.24, 2.45) is 13.0 Å². The Hall–Kier alpha value is -5.76. The third-order valence-electron chi connectivity index (χ3n) is 11.5. The van der Waals surface area contributed by atoms with Crippen LogP contribution in [0.4, 0.5) is 16.3 Å². The van der Waals surface area contributed by atoms with Crippen molar-refractivity contribution in [1.82, 2.24) is 39.6 Å². The number of anilines is 2. The largest absolute Gasteiger partial charge is 0.496 e. The van der Waals surface area contributed by atoms with Crippen LogP contribution in [0.3, 0.4) is 0 Å². The molecule has 14 nitrogen and oxygen atoms in total. The Bertz CT molecular complexity index is 2330. The van der Waals surface area contributed by atoms with Gasteiger partial charge < -0.3 is 19.5 Å². The van der Waals surface area contributed by atoms with Gasteiger partial charge in [-0.05, 0) is 87.3 Å². The minimum absolute atomic E-state index is 0.195. The number of rotatable bonds is 8. The first kappa shape index (κ1) is 36.2. The molecule has 1 saturated carbocycles. The van der Waals surface area contributed by atoms with E-state index in [1.807, 2.05) is 6.07 Å². The number of carbonyl (C=O) groups excluding carboxylic acids is 3. The van der Waals surface area contributed by atoms with E-state index in [9.17, 15) is 14.4 Å². The maximum atomic E-state index is 12.6. The van der Waals surface area contributed by atoms with E-state index < -0.39 is 0 Å². The molecule has 0 bridgehead atoms. The Kier molecular flexibility index (Phi) is 10.5. The third kappa shape index (κ3) is 7.77. The number of imidazole rings is 1. The van der Waals surface area contributed by atoms with Crippen molar-refractivity contribution < 1.29 is 19.1 Å². The van der Waals surface area contributed by atoms with Gasteiger partial charge in [-0.3, -0.25) is 24.9 Å². The number of urea groups is 1. The van der Waals surface area contributed by atoms with Crippen molar-refractivity contribution in [1.29, 1.82) is 0 Å². The number of benzene rings is 2. The molecule has 0 atom stereocenters. The van der Waals surface area contributed by atoms with Crippen LogP contribution in [0.2, 0.25) is 0 Å². The topological polar surface area (TPSA) is 155 Å². The molecule has 14 heteroatoms. The van der Waals surface area contributed by atoms with Gasteiger partial charge in [-0.2, -0.15) is 14.7 Å². The summed E-state index contributed by atoms with van der Waals surface area (Å²) in [6.07, 6.45) is 16.2. The van der Waals surface area contributed by atoms with Crippen LogP contribution in [0.5, 0.6) is 5.75 Å². The van der Waals surface area contributed by atoms with Crippen molar-refractivity contribution in [3.05, 3.63) is 78.4 Å². The number of piperidine rings is 1. The number of nitrogens with zero attached hydrogens (tertiary/aromatic N) is 7. The average molecular weight is 745 g/mol. The average Bonchev–Trinajstić information content (AvgIpc) is 3.94. The second kappa shape index (κ2) is 15.9. The molecule has 6 heterocycles. The van der Waals surface area contributed by atoms with Gasteiger partial charge in [0.05, 0.1) is 30.6 Å². The lowest BCUT2D eigenvalue weighted by atomic mass is 9.86. The molecule has 55 heavy (non-hydrogen) atoms. The van der Waals surface area contributed by atoms with Crippen molar-refractivity contribution in [2.75, 3.05) is 43.5 Å². The number of nitrogens with one attached hydrogen (secondary N) is 3. The summed E-state index contributed by atoms with van der Waals surface area (Å²) in [5.74, 6) is 2.00. The Morgan fingerprint density at radius 2 is 1.80 bits per heavy atom. The van der Waals surface area contributed by atoms with Gasteiger partial charge in [0.15, 0.2) is 11.5 Å². The molecule has 0 spiro atoms. The molecular weight excluding hydrogens is 697 g/mol. The first-order chi connectivity index (χ1) is 26.8. The minimum Gasteiger partial charge on any atom is -0.496 e. The first-order valence-corrected chi connectivity index (χ1v) is 19.4. The molecular formula is C41H48N10O4. The van der Waals surface area contributed by atoms with E-state index in [2.05, 4.69) is 65.6 Å². The highest BCUT2D eigenvalue weighted by molar-refractivity contribution is 6.08. The maximum Gasteiger partial charge on any atom is 0.328 e. The number of methoxy groups -OCH3 is 1. The van der Waals surface area contributed by atoms with E-state index in [4.69, 9.17) is 4.74 Å². The van der Waals surface area contributed by atoms with Gasteiger partial charge in [0, 0.05) is 65.9 Å². The van der Waals surface area contributed by atoms with Gasteiger partial charge in [-0.1, -0.05) is 32.1 Å². The van der Waals surface area contributed by atoms with Gasteiger partial charge in [0.1, 0.15) is 5.75 Å². The summed E-state index contributed by atoms with van der Waals surface area (Å²) in [6.45, 7) is 4.11. The highest BCUT2D eigenvalue weighted by Gasteiger charge is 2.27. The van der Waals surface area contributed by atoms with E-state index in [1.54, 1.807) is 52.3 Å². The standard InChI is InChI=1S/C26H36N4O2.C15H12N6O2/c1-28-23-8-7-22(30-16-12-25(31)27-26(30)32)17-21(23)18-24(28)20-10-14-29(15-11-20)13-9-19-5-3-2-4-6-19;1-23-12-6-11-9(7-17-20-11)5-10(12)15(22)19-14-8-16-13-3-2-4-18-21(13)14/h7-8,17-20H,2-6,9-16H2,1H3,(H,27,31,32);2-8H,1H3,(H,17,20)(H,19,22). The normalized spacial score (nSPS) is 17.4. The van der Waals surface area contributed by atoms with Crippen molar-refractivity contribution in [2.45, 2.75) is 63.7 Å². The van der Waals surface area contributed by atoms with Gasteiger partial charge in [0.25, 0.3) is 5.91 Å². The summed E-state index contributed by atoms with van der Waals surface area (Å²) >= 11 is 0. The van der Waals surface area contributed by atoms with E-state index >= 15 is 0 Å². The summed E-state index contributed by atoms with van der Waals surface area (Å²) in [6, 6.07) is 15.2. The Labute approximate surface area is 319 Å². The Balaban J connectivity index is 0.000000164. The smallest absolute Gasteiger partial charge is 0.328 e. The number of H-pyrrole nitrogens is 1. The van der Waals surface area contributed by atoms with Crippen LogP contribution in [0, 0.1) is 5.92 Å². The number of aryl methyl sites for hydroxylation is 1. The summed E-state index contributed by atoms with van der Waals surface area (Å²) in [7, 11) is 3.68. The summed E-state index contributed by atoms with van der Waals surface area (Å²) in [4.78, 5) is 44.8. The molecule has 2 aliphatic heterocycles. The van der Waals surface area contributed by atoms with Crippen LogP contribution < -0.4 is 20.3 Å². The van der Waals surface area contributed by atoms with Crippen molar-refractivity contribution in [3.63, 3.8) is 0 Å². The van der Waals surface area contributed by atoms with Gasteiger partial charge in [0.2, 0.25) is 5.91 Å². The van der Waals surface area contributed by atoms with E-state index in [0.717, 1.165) is 22.5 Å². The third-order valence-corrected chi connectivity index (χ3v) is 11.5. The predicted molar refractivity (Wildman–Crippen MR) is 212 cm³/mol. The zero-order chi connectivity index (χ0) is 37.9. The zero-order valence-corrected chi connectivity index (χ0v) is 31.5. The predicted octanol–water partition coefficient (Wildman–Crippen LogP) is 6.64. The first-order valence-electron chi connectivity index (χ1n) is 19.4. The molecule has 9 rings (SSSR count). The monoisotopic (exact) mass is 744 g/mol. The number of fused-ring (bicyclic) bond motifs is 3. The van der Waals surface area contributed by atoms with E-state index in [0.29, 0.717) is 41.7 Å². The van der Waals surface area contributed by atoms with Crippen molar-refractivity contribution in [3.8, 4) is 5.75 Å². The number of carbonyl (C=O) groups is 3. The molecule has 1 aliphatic carbocycles. The van der Waals surface area contributed by atoms with E-state index in [-0.39, 0.29) is 17.8 Å². The second-order valence-corrected chi connectivity index (χ2v) is 14.9. The van der Waals surface area contributed by atoms with Crippen LogP contribution in [0.25, 0.3) is 27.5 Å². The fourth-order valence-corrected chi connectivity index (χ4v) is 8.44. The number of aromatic nitrogens is 6. The summed E-state index contributed by atoms with van der Waals surface area (Å²) in [5, 5.41) is 18.2. The van der Waals surface area contributed by atoms with Gasteiger partial charge in [-0.15, -0.1) is 0 Å². The molecule has 4 amide bonds. The van der Waals surface area contributed by atoms with Crippen LogP contribution in [-0.2, 0) is 11.8 Å². The fraction of sp³-hybridized carbons (Fsp3) is 0.415. The molecule has 3 N–H and O–H groups in total. The van der Waals surface area contributed by atoms with Gasteiger partial charge >= 0.3 is 6.03 Å². The SMILES string of the molecule is COc1cc2[nH]ncc2cc1C(=O)Nc1cnc2cccnn12.Cn1c(C2CCN(CCC3CCCCC3)CC2)cc2cc(N3CCC(=O)NC3=O)ccc21.